The van der Waals surface area contributed by atoms with Crippen molar-refractivity contribution in [3.8, 4) is 6.07 Å². The molecule has 1 aromatic carbocycles. The van der Waals surface area contributed by atoms with Gasteiger partial charge in [0.1, 0.15) is 5.76 Å². The van der Waals surface area contributed by atoms with Crippen LogP contribution in [0.1, 0.15) is 28.6 Å². The molecule has 6 heteroatoms. The highest BCUT2D eigenvalue weighted by molar-refractivity contribution is 5.92. The normalized spacial score (nSPS) is 11.3. The van der Waals surface area contributed by atoms with Crippen molar-refractivity contribution in [3.63, 3.8) is 0 Å². The molecule has 0 saturated heterocycles. The first-order valence-corrected chi connectivity index (χ1v) is 6.61. The fourth-order valence-electron chi connectivity index (χ4n) is 1.69. The number of amides is 1. The molecule has 22 heavy (non-hydrogen) atoms. The maximum atomic E-state index is 11.9. The van der Waals surface area contributed by atoms with Crippen LogP contribution in [0, 0.1) is 11.3 Å². The van der Waals surface area contributed by atoms with Crippen LogP contribution >= 0.6 is 0 Å². The van der Waals surface area contributed by atoms with Crippen LogP contribution in [0.2, 0.25) is 0 Å². The number of hydrogen-bond acceptors (Lipinski definition) is 5. The Balaban J connectivity index is 1.87. The number of ether oxygens (including phenoxy) is 1. The highest BCUT2D eigenvalue weighted by Crippen LogP contribution is 2.07. The van der Waals surface area contributed by atoms with Gasteiger partial charge in [-0.05, 0) is 43.3 Å². The molecule has 0 bridgehead atoms. The van der Waals surface area contributed by atoms with Gasteiger partial charge >= 0.3 is 5.97 Å². The van der Waals surface area contributed by atoms with Crippen molar-refractivity contribution in [2.24, 2.45) is 0 Å². The molecule has 6 nitrogen and oxygen atoms in total. The van der Waals surface area contributed by atoms with Gasteiger partial charge in [-0.3, -0.25) is 4.79 Å². The van der Waals surface area contributed by atoms with Crippen molar-refractivity contribution < 1.29 is 18.7 Å². The first kappa shape index (κ1) is 15.3. The average Bonchev–Trinajstić information content (AvgIpc) is 3.06. The zero-order valence-corrected chi connectivity index (χ0v) is 11.9. The van der Waals surface area contributed by atoms with Gasteiger partial charge in [-0.25, -0.2) is 4.79 Å². The minimum atomic E-state index is -0.932. The number of nitriles is 1. The third-order valence-electron chi connectivity index (χ3n) is 2.92. The monoisotopic (exact) mass is 298 g/mol. The van der Waals surface area contributed by atoms with E-state index in [-0.39, 0.29) is 12.1 Å². The summed E-state index contributed by atoms with van der Waals surface area (Å²) in [6.07, 6.45) is 0.577. The summed E-state index contributed by atoms with van der Waals surface area (Å²) in [5.41, 5.74) is 0.727. The first-order valence-electron chi connectivity index (χ1n) is 6.61. The van der Waals surface area contributed by atoms with E-state index in [2.05, 4.69) is 5.32 Å². The number of esters is 1. The standard InChI is InChI=1S/C16H14N2O4/c1-11(15(19)18-10-14-3-2-8-21-14)22-16(20)13-6-4-12(9-17)5-7-13/h2-8,11H,10H2,1H3,(H,18,19)/t11-/m1/s1. The lowest BCUT2D eigenvalue weighted by Gasteiger charge is -2.13. The molecule has 1 amide bonds. The minimum absolute atomic E-state index is 0.227. The molecule has 1 N–H and O–H groups in total. The molecule has 1 atom stereocenters. The topological polar surface area (TPSA) is 92.3 Å². The van der Waals surface area contributed by atoms with Crippen LogP contribution < -0.4 is 5.32 Å². The molecule has 0 fully saturated rings. The summed E-state index contributed by atoms with van der Waals surface area (Å²) in [5, 5.41) is 11.3. The van der Waals surface area contributed by atoms with Gasteiger partial charge in [0.15, 0.2) is 6.10 Å². The fourth-order valence-corrected chi connectivity index (χ4v) is 1.69. The molecule has 0 spiro atoms. The van der Waals surface area contributed by atoms with Crippen molar-refractivity contribution in [1.29, 1.82) is 5.26 Å². The van der Waals surface area contributed by atoms with E-state index in [4.69, 9.17) is 14.4 Å². The van der Waals surface area contributed by atoms with E-state index in [1.54, 1.807) is 12.1 Å². The number of furan rings is 1. The summed E-state index contributed by atoms with van der Waals surface area (Å²) in [6, 6.07) is 11.4. The lowest BCUT2D eigenvalue weighted by molar-refractivity contribution is -0.129. The Kier molecular flexibility index (Phi) is 4.94. The molecule has 2 aromatic rings. The summed E-state index contributed by atoms with van der Waals surface area (Å²) < 4.78 is 10.2. The second kappa shape index (κ2) is 7.09. The van der Waals surface area contributed by atoms with Gasteiger partial charge in [0.05, 0.1) is 30.0 Å². The molecule has 0 unspecified atom stereocenters. The zero-order chi connectivity index (χ0) is 15.9. The minimum Gasteiger partial charge on any atom is -0.467 e. The van der Waals surface area contributed by atoms with Crippen molar-refractivity contribution in [2.45, 2.75) is 19.6 Å². The SMILES string of the molecule is C[C@@H](OC(=O)c1ccc(C#N)cc1)C(=O)NCc1ccco1. The van der Waals surface area contributed by atoms with Gasteiger partial charge in [-0.15, -0.1) is 0 Å². The van der Waals surface area contributed by atoms with Gasteiger partial charge in [-0.1, -0.05) is 0 Å². The number of benzene rings is 1. The quantitative estimate of drug-likeness (QED) is 0.852. The number of carbonyl (C=O) groups is 2. The first-order chi connectivity index (χ1) is 10.6. The number of nitrogens with zero attached hydrogens (tertiary/aromatic N) is 1. The predicted octanol–water partition coefficient (Wildman–Crippen LogP) is 2.01. The largest absolute Gasteiger partial charge is 0.467 e. The third kappa shape index (κ3) is 3.96. The molecule has 0 aliphatic carbocycles. The number of carbonyl (C=O) groups excluding carboxylic acids is 2. The lowest BCUT2D eigenvalue weighted by atomic mass is 10.1. The van der Waals surface area contributed by atoms with Crippen molar-refractivity contribution in [3.05, 3.63) is 59.5 Å². The molecule has 0 aliphatic rings. The Bertz CT molecular complexity index is 684. The molecular formula is C16H14N2O4. The van der Waals surface area contributed by atoms with Gasteiger partial charge in [-0.2, -0.15) is 5.26 Å². The van der Waals surface area contributed by atoms with E-state index in [0.29, 0.717) is 11.3 Å². The number of hydrogen-bond donors (Lipinski definition) is 1. The molecule has 0 aliphatic heterocycles. The summed E-state index contributed by atoms with van der Waals surface area (Å²) >= 11 is 0. The molecule has 0 saturated carbocycles. The Morgan fingerprint density at radius 3 is 2.64 bits per heavy atom. The van der Waals surface area contributed by atoms with E-state index >= 15 is 0 Å². The highest BCUT2D eigenvalue weighted by Gasteiger charge is 2.18. The zero-order valence-electron chi connectivity index (χ0n) is 11.9. The van der Waals surface area contributed by atoms with Gasteiger partial charge in [0.25, 0.3) is 5.91 Å². The van der Waals surface area contributed by atoms with E-state index in [0.717, 1.165) is 0 Å². The average molecular weight is 298 g/mol. The summed E-state index contributed by atoms with van der Waals surface area (Å²) in [4.78, 5) is 23.7. The molecular weight excluding hydrogens is 284 g/mol. The second-order valence-electron chi connectivity index (χ2n) is 4.53. The molecule has 2 rings (SSSR count). The molecule has 0 radical (unpaired) electrons. The Labute approximate surface area is 127 Å². The van der Waals surface area contributed by atoms with Crippen molar-refractivity contribution in [2.75, 3.05) is 0 Å². The van der Waals surface area contributed by atoms with Crippen molar-refractivity contribution in [1.82, 2.24) is 5.32 Å². The highest BCUT2D eigenvalue weighted by atomic mass is 16.5. The van der Waals surface area contributed by atoms with Crippen LogP contribution in [-0.2, 0) is 16.1 Å². The van der Waals surface area contributed by atoms with Crippen LogP contribution in [0.5, 0.6) is 0 Å². The maximum Gasteiger partial charge on any atom is 0.338 e. The van der Waals surface area contributed by atoms with Crippen LogP contribution in [0.25, 0.3) is 0 Å². The Morgan fingerprint density at radius 1 is 1.32 bits per heavy atom. The molecule has 112 valence electrons. The molecule has 1 aromatic heterocycles. The van der Waals surface area contributed by atoms with Crippen LogP contribution in [0.4, 0.5) is 0 Å². The van der Waals surface area contributed by atoms with E-state index in [1.807, 2.05) is 6.07 Å². The number of nitrogens with one attached hydrogen (secondary N) is 1. The summed E-state index contributed by atoms with van der Waals surface area (Å²) in [5.74, 6) is -0.428. The van der Waals surface area contributed by atoms with E-state index in [1.165, 1.54) is 37.5 Å². The van der Waals surface area contributed by atoms with E-state index in [9.17, 15) is 9.59 Å². The number of rotatable bonds is 5. The smallest absolute Gasteiger partial charge is 0.338 e. The molecule has 1 heterocycles. The van der Waals surface area contributed by atoms with Crippen LogP contribution in [-0.4, -0.2) is 18.0 Å². The third-order valence-corrected chi connectivity index (χ3v) is 2.92. The van der Waals surface area contributed by atoms with E-state index < -0.39 is 18.0 Å². The second-order valence-corrected chi connectivity index (χ2v) is 4.53. The van der Waals surface area contributed by atoms with Gasteiger partial charge in [0.2, 0.25) is 0 Å². The van der Waals surface area contributed by atoms with Gasteiger partial charge in [0, 0.05) is 0 Å². The Morgan fingerprint density at radius 2 is 2.05 bits per heavy atom. The maximum absolute atomic E-state index is 11.9. The van der Waals surface area contributed by atoms with Crippen molar-refractivity contribution >= 4 is 11.9 Å². The fraction of sp³-hybridized carbons (Fsp3) is 0.188. The predicted molar refractivity (Wildman–Crippen MR) is 76.6 cm³/mol. The lowest BCUT2D eigenvalue weighted by Crippen LogP contribution is -2.35. The van der Waals surface area contributed by atoms with Crippen LogP contribution in [0.15, 0.2) is 47.1 Å². The van der Waals surface area contributed by atoms with Gasteiger partial charge < -0.3 is 14.5 Å². The van der Waals surface area contributed by atoms with Crippen LogP contribution in [0.3, 0.4) is 0 Å². The summed E-state index contributed by atoms with van der Waals surface area (Å²) in [6.45, 7) is 1.71. The Hall–Kier alpha value is -3.07. The summed E-state index contributed by atoms with van der Waals surface area (Å²) in [7, 11) is 0.